The van der Waals surface area contributed by atoms with E-state index < -0.39 is 6.04 Å². The molecular weight excluding hydrogens is 404 g/mol. The van der Waals surface area contributed by atoms with Crippen molar-refractivity contribution in [2.24, 2.45) is 0 Å². The SMILES string of the molecule is COc1cccc(CN(C(=O)COc2ccccc2C(C)(C)C)[C@@H](C)C(=O)NC(C)C)c1. The number of hydrogen-bond acceptors (Lipinski definition) is 4. The van der Waals surface area contributed by atoms with Crippen molar-refractivity contribution in [1.29, 1.82) is 0 Å². The zero-order valence-corrected chi connectivity index (χ0v) is 20.3. The van der Waals surface area contributed by atoms with E-state index in [1.807, 2.05) is 62.4 Å². The van der Waals surface area contributed by atoms with Gasteiger partial charge in [0.2, 0.25) is 5.91 Å². The second-order valence-electron chi connectivity index (χ2n) is 9.25. The van der Waals surface area contributed by atoms with E-state index in [-0.39, 0.29) is 36.4 Å². The summed E-state index contributed by atoms with van der Waals surface area (Å²) in [5, 5.41) is 2.89. The normalized spacial score (nSPS) is 12.2. The Kier molecular flexibility index (Phi) is 8.70. The van der Waals surface area contributed by atoms with Crippen LogP contribution in [0.4, 0.5) is 0 Å². The van der Waals surface area contributed by atoms with E-state index in [1.165, 1.54) is 0 Å². The van der Waals surface area contributed by atoms with Crippen LogP contribution in [-0.4, -0.2) is 42.5 Å². The molecule has 0 saturated carbocycles. The molecule has 2 rings (SSSR count). The fourth-order valence-corrected chi connectivity index (χ4v) is 3.39. The van der Waals surface area contributed by atoms with Crippen molar-refractivity contribution in [3.63, 3.8) is 0 Å². The largest absolute Gasteiger partial charge is 0.497 e. The molecule has 1 N–H and O–H groups in total. The van der Waals surface area contributed by atoms with Gasteiger partial charge in [-0.15, -0.1) is 0 Å². The third-order valence-corrected chi connectivity index (χ3v) is 5.13. The highest BCUT2D eigenvalue weighted by atomic mass is 16.5. The van der Waals surface area contributed by atoms with Crippen LogP contribution in [0.3, 0.4) is 0 Å². The number of para-hydroxylation sites is 1. The number of nitrogens with one attached hydrogen (secondary N) is 1. The number of rotatable bonds is 9. The molecule has 0 unspecified atom stereocenters. The van der Waals surface area contributed by atoms with Gasteiger partial charge in [0.05, 0.1) is 7.11 Å². The lowest BCUT2D eigenvalue weighted by Gasteiger charge is -2.30. The van der Waals surface area contributed by atoms with Gasteiger partial charge in [0.25, 0.3) is 5.91 Å². The number of amides is 2. The molecule has 2 amide bonds. The average molecular weight is 441 g/mol. The van der Waals surface area contributed by atoms with Crippen LogP contribution in [0.15, 0.2) is 48.5 Å². The molecule has 0 fully saturated rings. The molecule has 1 atom stereocenters. The van der Waals surface area contributed by atoms with Gasteiger partial charge in [-0.3, -0.25) is 9.59 Å². The fraction of sp³-hybridized carbons (Fsp3) is 0.462. The lowest BCUT2D eigenvalue weighted by molar-refractivity contribution is -0.142. The Morgan fingerprint density at radius 2 is 1.72 bits per heavy atom. The quantitative estimate of drug-likeness (QED) is 0.631. The molecule has 174 valence electrons. The molecule has 0 radical (unpaired) electrons. The third kappa shape index (κ3) is 7.01. The predicted octanol–water partition coefficient (Wildman–Crippen LogP) is 4.31. The molecule has 0 heterocycles. The van der Waals surface area contributed by atoms with Crippen LogP contribution in [0, 0.1) is 0 Å². The number of ether oxygens (including phenoxy) is 2. The molecule has 0 aliphatic heterocycles. The van der Waals surface area contributed by atoms with Gasteiger partial charge in [-0.25, -0.2) is 0 Å². The average Bonchev–Trinajstić information content (AvgIpc) is 2.74. The Labute approximate surface area is 191 Å². The smallest absolute Gasteiger partial charge is 0.261 e. The molecule has 0 aromatic heterocycles. The standard InChI is InChI=1S/C26H36N2O4/c1-18(2)27-25(30)19(3)28(16-20-11-10-12-21(15-20)31-7)24(29)17-32-23-14-9-8-13-22(23)26(4,5)6/h8-15,18-19H,16-17H2,1-7H3,(H,27,30)/t19-/m0/s1. The van der Waals surface area contributed by atoms with Gasteiger partial charge in [-0.2, -0.15) is 0 Å². The maximum absolute atomic E-state index is 13.3. The minimum absolute atomic E-state index is 0.0198. The summed E-state index contributed by atoms with van der Waals surface area (Å²) in [6, 6.07) is 14.5. The number of nitrogens with zero attached hydrogens (tertiary/aromatic N) is 1. The van der Waals surface area contributed by atoms with Gasteiger partial charge in [0, 0.05) is 12.6 Å². The van der Waals surface area contributed by atoms with Gasteiger partial charge in [0.15, 0.2) is 6.61 Å². The lowest BCUT2D eigenvalue weighted by atomic mass is 9.86. The van der Waals surface area contributed by atoms with E-state index in [4.69, 9.17) is 9.47 Å². The monoisotopic (exact) mass is 440 g/mol. The Hall–Kier alpha value is -3.02. The number of carbonyl (C=O) groups is 2. The topological polar surface area (TPSA) is 67.9 Å². The summed E-state index contributed by atoms with van der Waals surface area (Å²) >= 11 is 0. The molecule has 0 saturated heterocycles. The molecule has 32 heavy (non-hydrogen) atoms. The van der Waals surface area contributed by atoms with Gasteiger partial charge in [-0.1, -0.05) is 51.1 Å². The van der Waals surface area contributed by atoms with Crippen LogP contribution in [0.5, 0.6) is 11.5 Å². The second-order valence-corrected chi connectivity index (χ2v) is 9.25. The van der Waals surface area contributed by atoms with Crippen molar-refractivity contribution in [1.82, 2.24) is 10.2 Å². The fourth-order valence-electron chi connectivity index (χ4n) is 3.39. The zero-order chi connectivity index (χ0) is 23.9. The van der Waals surface area contributed by atoms with Gasteiger partial charge in [-0.05, 0) is 55.5 Å². The Morgan fingerprint density at radius 3 is 2.34 bits per heavy atom. The van der Waals surface area contributed by atoms with Gasteiger partial charge < -0.3 is 19.7 Å². The van der Waals surface area contributed by atoms with Crippen LogP contribution in [0.25, 0.3) is 0 Å². The molecule has 0 spiro atoms. The first kappa shape index (κ1) is 25.2. The highest BCUT2D eigenvalue weighted by Crippen LogP contribution is 2.31. The maximum Gasteiger partial charge on any atom is 0.261 e. The van der Waals surface area contributed by atoms with E-state index in [0.717, 1.165) is 11.1 Å². The molecule has 6 heteroatoms. The number of carbonyl (C=O) groups excluding carboxylic acids is 2. The summed E-state index contributed by atoms with van der Waals surface area (Å²) in [4.78, 5) is 27.5. The summed E-state index contributed by atoms with van der Waals surface area (Å²) in [5.41, 5.74) is 1.78. The Morgan fingerprint density at radius 1 is 1.03 bits per heavy atom. The van der Waals surface area contributed by atoms with Crippen LogP contribution in [-0.2, 0) is 21.5 Å². The summed E-state index contributed by atoms with van der Waals surface area (Å²) in [6.45, 7) is 11.9. The van der Waals surface area contributed by atoms with Crippen molar-refractivity contribution in [3.8, 4) is 11.5 Å². The number of methoxy groups -OCH3 is 1. The van der Waals surface area contributed by atoms with Crippen LogP contribution < -0.4 is 14.8 Å². The Bertz CT molecular complexity index is 918. The Balaban J connectivity index is 2.24. The van der Waals surface area contributed by atoms with Crippen molar-refractivity contribution >= 4 is 11.8 Å². The lowest BCUT2D eigenvalue weighted by Crippen LogP contribution is -2.50. The highest BCUT2D eigenvalue weighted by Gasteiger charge is 2.27. The van der Waals surface area contributed by atoms with E-state index in [2.05, 4.69) is 26.1 Å². The first-order valence-corrected chi connectivity index (χ1v) is 11.0. The molecule has 2 aromatic carbocycles. The van der Waals surface area contributed by atoms with Crippen LogP contribution in [0.1, 0.15) is 52.7 Å². The summed E-state index contributed by atoms with van der Waals surface area (Å²) < 4.78 is 11.3. The van der Waals surface area contributed by atoms with Gasteiger partial charge in [0.1, 0.15) is 17.5 Å². The number of hydrogen-bond donors (Lipinski definition) is 1. The summed E-state index contributed by atoms with van der Waals surface area (Å²) in [5.74, 6) is 0.910. The number of benzene rings is 2. The molecule has 6 nitrogen and oxygen atoms in total. The van der Waals surface area contributed by atoms with Crippen LogP contribution >= 0.6 is 0 Å². The third-order valence-electron chi connectivity index (χ3n) is 5.13. The van der Waals surface area contributed by atoms with Crippen molar-refractivity contribution < 1.29 is 19.1 Å². The van der Waals surface area contributed by atoms with E-state index in [9.17, 15) is 9.59 Å². The molecule has 0 bridgehead atoms. The molecule has 0 aliphatic carbocycles. The molecule has 0 aliphatic rings. The van der Waals surface area contributed by atoms with Crippen LogP contribution in [0.2, 0.25) is 0 Å². The summed E-state index contributed by atoms with van der Waals surface area (Å²) in [7, 11) is 1.60. The van der Waals surface area contributed by atoms with Crippen molar-refractivity contribution in [3.05, 3.63) is 59.7 Å². The predicted molar refractivity (Wildman–Crippen MR) is 127 cm³/mol. The van der Waals surface area contributed by atoms with E-state index in [0.29, 0.717) is 11.5 Å². The van der Waals surface area contributed by atoms with Crippen molar-refractivity contribution in [2.45, 2.75) is 65.6 Å². The first-order valence-electron chi connectivity index (χ1n) is 11.0. The minimum Gasteiger partial charge on any atom is -0.497 e. The van der Waals surface area contributed by atoms with Gasteiger partial charge >= 0.3 is 0 Å². The van der Waals surface area contributed by atoms with E-state index >= 15 is 0 Å². The first-order chi connectivity index (χ1) is 15.0. The zero-order valence-electron chi connectivity index (χ0n) is 20.3. The highest BCUT2D eigenvalue weighted by molar-refractivity contribution is 5.88. The summed E-state index contributed by atoms with van der Waals surface area (Å²) in [6.07, 6.45) is 0. The molecule has 2 aromatic rings. The second kappa shape index (κ2) is 11.0. The van der Waals surface area contributed by atoms with E-state index in [1.54, 1.807) is 18.9 Å². The maximum atomic E-state index is 13.3. The van der Waals surface area contributed by atoms with Crippen molar-refractivity contribution in [2.75, 3.05) is 13.7 Å². The minimum atomic E-state index is -0.655. The molecular formula is C26H36N2O4.